The van der Waals surface area contributed by atoms with Crippen molar-refractivity contribution in [2.45, 2.75) is 33.6 Å². The van der Waals surface area contributed by atoms with Crippen LogP contribution in [-0.2, 0) is 6.42 Å². The van der Waals surface area contributed by atoms with Gasteiger partial charge in [0.1, 0.15) is 0 Å². The lowest BCUT2D eigenvalue weighted by Crippen LogP contribution is -1.80. The van der Waals surface area contributed by atoms with Crippen molar-refractivity contribution in [3.05, 3.63) is 34.9 Å². The molecule has 0 saturated heterocycles. The van der Waals surface area contributed by atoms with E-state index in [4.69, 9.17) is 11.6 Å². The summed E-state index contributed by atoms with van der Waals surface area (Å²) in [5.74, 6) is 0. The molecule has 2 heteroatoms. The van der Waals surface area contributed by atoms with Gasteiger partial charge in [-0.3, -0.25) is 4.99 Å². The number of halogens is 1. The van der Waals surface area contributed by atoms with Crippen molar-refractivity contribution in [2.75, 3.05) is 7.05 Å². The van der Waals surface area contributed by atoms with E-state index in [9.17, 15) is 0 Å². The molecule has 0 fully saturated rings. The minimum Gasteiger partial charge on any atom is -0.298 e. The van der Waals surface area contributed by atoms with Gasteiger partial charge in [-0.25, -0.2) is 0 Å². The van der Waals surface area contributed by atoms with E-state index in [-0.39, 0.29) is 0 Å². The highest BCUT2D eigenvalue weighted by atomic mass is 35.5. The second-order valence-electron chi connectivity index (χ2n) is 3.55. The van der Waals surface area contributed by atoms with Gasteiger partial charge in [0.25, 0.3) is 0 Å². The molecular formula is C13H20ClN. The van der Waals surface area contributed by atoms with E-state index in [1.807, 2.05) is 26.0 Å². The summed E-state index contributed by atoms with van der Waals surface area (Å²) >= 11 is 5.71. The van der Waals surface area contributed by atoms with Crippen molar-refractivity contribution in [3.8, 4) is 0 Å². The van der Waals surface area contributed by atoms with Crippen LogP contribution in [0.25, 0.3) is 0 Å². The molecule has 0 saturated carbocycles. The van der Waals surface area contributed by atoms with E-state index >= 15 is 0 Å². The fraction of sp³-hybridized carbons (Fsp3) is 0.462. The summed E-state index contributed by atoms with van der Waals surface area (Å²) in [5.41, 5.74) is 2.50. The highest BCUT2D eigenvalue weighted by molar-refractivity contribution is 6.30. The Labute approximate surface area is 98.2 Å². The van der Waals surface area contributed by atoms with Crippen LogP contribution in [0.4, 0.5) is 0 Å². The molecule has 84 valence electrons. The summed E-state index contributed by atoms with van der Waals surface area (Å²) < 4.78 is 0. The molecule has 0 aromatic heterocycles. The molecule has 1 nitrogen and oxygen atoms in total. The van der Waals surface area contributed by atoms with Crippen LogP contribution in [0.3, 0.4) is 0 Å². The fourth-order valence-electron chi connectivity index (χ4n) is 0.940. The van der Waals surface area contributed by atoms with Gasteiger partial charge in [0, 0.05) is 17.8 Å². The van der Waals surface area contributed by atoms with Crippen LogP contribution in [0, 0.1) is 0 Å². The summed E-state index contributed by atoms with van der Waals surface area (Å²) in [6, 6.07) is 8.02. The summed E-state index contributed by atoms with van der Waals surface area (Å²) in [6.45, 7) is 6.12. The molecule has 1 aromatic carbocycles. The molecule has 0 spiro atoms. The molecule has 15 heavy (non-hydrogen) atoms. The van der Waals surface area contributed by atoms with Crippen LogP contribution < -0.4 is 0 Å². The third-order valence-corrected chi connectivity index (χ3v) is 2.15. The van der Waals surface area contributed by atoms with Crippen molar-refractivity contribution in [3.63, 3.8) is 0 Å². The number of benzene rings is 1. The largest absolute Gasteiger partial charge is 0.298 e. The van der Waals surface area contributed by atoms with Crippen LogP contribution >= 0.6 is 11.6 Å². The number of aliphatic imine (C=N–C) groups is 1. The molecule has 0 aliphatic heterocycles. The van der Waals surface area contributed by atoms with Gasteiger partial charge in [-0.1, -0.05) is 37.1 Å². The number of hydrogen-bond acceptors (Lipinski definition) is 1. The minimum atomic E-state index is 0.819. The van der Waals surface area contributed by atoms with Gasteiger partial charge in [-0.15, -0.1) is 0 Å². The molecule has 0 bridgehead atoms. The van der Waals surface area contributed by atoms with Gasteiger partial charge in [0.15, 0.2) is 0 Å². The smallest absolute Gasteiger partial charge is 0.0406 e. The summed E-state index contributed by atoms with van der Waals surface area (Å²) in [6.07, 6.45) is 2.35. The molecule has 0 N–H and O–H groups in total. The topological polar surface area (TPSA) is 12.4 Å². The lowest BCUT2D eigenvalue weighted by Gasteiger charge is -1.96. The highest BCUT2D eigenvalue weighted by Crippen LogP contribution is 2.10. The summed E-state index contributed by atoms with van der Waals surface area (Å²) in [4.78, 5) is 3.81. The lowest BCUT2D eigenvalue weighted by molar-refractivity contribution is 0.922. The van der Waals surface area contributed by atoms with Crippen molar-refractivity contribution in [1.82, 2.24) is 0 Å². The Hall–Kier alpha value is -0.820. The molecule has 0 heterocycles. The normalized spacial score (nSPS) is 8.87. The Morgan fingerprint density at radius 1 is 1.20 bits per heavy atom. The van der Waals surface area contributed by atoms with E-state index in [1.54, 1.807) is 7.05 Å². The van der Waals surface area contributed by atoms with E-state index in [0.717, 1.165) is 17.2 Å². The highest BCUT2D eigenvalue weighted by Gasteiger charge is 1.89. The number of aryl methyl sites for hydroxylation is 1. The zero-order valence-electron chi connectivity index (χ0n) is 10.0. The van der Waals surface area contributed by atoms with Crippen LogP contribution in [-0.4, -0.2) is 12.8 Å². The molecule has 1 aromatic rings. The monoisotopic (exact) mass is 225 g/mol. The van der Waals surface area contributed by atoms with E-state index in [1.165, 1.54) is 12.0 Å². The second-order valence-corrected chi connectivity index (χ2v) is 3.98. The number of rotatable bonds is 2. The molecule has 1 rings (SSSR count). The van der Waals surface area contributed by atoms with Crippen molar-refractivity contribution in [2.24, 2.45) is 4.99 Å². The Morgan fingerprint density at radius 3 is 2.00 bits per heavy atom. The average molecular weight is 226 g/mol. The molecule has 0 aliphatic carbocycles. The predicted molar refractivity (Wildman–Crippen MR) is 70.2 cm³/mol. The first-order valence-electron chi connectivity index (χ1n) is 5.24. The Morgan fingerprint density at radius 2 is 1.67 bits per heavy atom. The van der Waals surface area contributed by atoms with E-state index < -0.39 is 0 Å². The van der Waals surface area contributed by atoms with E-state index in [2.05, 4.69) is 24.0 Å². The van der Waals surface area contributed by atoms with E-state index in [0.29, 0.717) is 0 Å². The maximum Gasteiger partial charge on any atom is 0.0406 e. The standard InChI is InChI=1S/C9H11Cl.C4H9N/c1-2-3-8-4-6-9(10)7-5-8;1-4(2)5-3/h4-7H,2-3H2,1H3;1-3H3. The first-order chi connectivity index (χ1) is 7.10. The first-order valence-corrected chi connectivity index (χ1v) is 5.62. The van der Waals surface area contributed by atoms with Crippen molar-refractivity contribution >= 4 is 17.3 Å². The molecule has 0 aliphatic rings. The minimum absolute atomic E-state index is 0.819. The maximum absolute atomic E-state index is 5.71. The Bertz CT molecular complexity index is 284. The fourth-order valence-corrected chi connectivity index (χ4v) is 1.07. The second kappa shape index (κ2) is 8.49. The van der Waals surface area contributed by atoms with Gasteiger partial charge in [-0.2, -0.15) is 0 Å². The summed E-state index contributed by atoms with van der Waals surface area (Å²) in [7, 11) is 1.79. The molecular weight excluding hydrogens is 206 g/mol. The quantitative estimate of drug-likeness (QED) is 0.662. The van der Waals surface area contributed by atoms with Crippen LogP contribution in [0.5, 0.6) is 0 Å². The molecule has 0 atom stereocenters. The SMILES string of the molecule is CCCc1ccc(Cl)cc1.CN=C(C)C. The summed E-state index contributed by atoms with van der Waals surface area (Å²) in [5, 5.41) is 0.819. The lowest BCUT2D eigenvalue weighted by atomic mass is 10.1. The zero-order valence-corrected chi connectivity index (χ0v) is 10.8. The Kier molecular flexibility index (Phi) is 8.02. The third-order valence-electron chi connectivity index (χ3n) is 1.90. The first kappa shape index (κ1) is 14.2. The van der Waals surface area contributed by atoms with Crippen LogP contribution in [0.1, 0.15) is 32.8 Å². The number of hydrogen-bond donors (Lipinski definition) is 0. The van der Waals surface area contributed by atoms with Gasteiger partial charge >= 0.3 is 0 Å². The third kappa shape index (κ3) is 8.19. The maximum atomic E-state index is 5.71. The van der Waals surface area contributed by atoms with Gasteiger partial charge < -0.3 is 0 Å². The van der Waals surface area contributed by atoms with Crippen LogP contribution in [0.15, 0.2) is 29.3 Å². The van der Waals surface area contributed by atoms with Crippen LogP contribution in [0.2, 0.25) is 5.02 Å². The molecule has 0 unspecified atom stereocenters. The predicted octanol–water partition coefficient (Wildman–Crippen LogP) is 4.39. The zero-order chi connectivity index (χ0) is 11.7. The van der Waals surface area contributed by atoms with Gasteiger partial charge in [0.05, 0.1) is 0 Å². The Balaban J connectivity index is 0.000000336. The van der Waals surface area contributed by atoms with Gasteiger partial charge in [-0.05, 0) is 38.0 Å². The van der Waals surface area contributed by atoms with Crippen molar-refractivity contribution in [1.29, 1.82) is 0 Å². The molecule has 0 amide bonds. The van der Waals surface area contributed by atoms with Crippen molar-refractivity contribution < 1.29 is 0 Å². The van der Waals surface area contributed by atoms with Gasteiger partial charge in [0.2, 0.25) is 0 Å². The number of nitrogens with zero attached hydrogens (tertiary/aromatic N) is 1. The average Bonchev–Trinajstić information content (AvgIpc) is 2.23. The molecule has 0 radical (unpaired) electrons.